The Bertz CT molecular complexity index is 8000. The van der Waals surface area contributed by atoms with Crippen LogP contribution in [0.5, 0.6) is 0 Å². The number of fused-ring (bicyclic) bond motifs is 12. The topological polar surface area (TPSA) is 146 Å². The molecule has 15 nitrogen and oxygen atoms in total. The average Bonchev–Trinajstić information content (AvgIpc) is 1.59. The summed E-state index contributed by atoms with van der Waals surface area (Å²) in [5.41, 5.74) is 30.3. The molecule has 0 aliphatic heterocycles. The molecule has 126 heavy (non-hydrogen) atoms. The Labute approximate surface area is 768 Å². The number of benzene rings is 12. The van der Waals surface area contributed by atoms with E-state index >= 15 is 0 Å². The van der Waals surface area contributed by atoms with Gasteiger partial charge in [0.1, 0.15) is 0 Å². The van der Waals surface area contributed by atoms with Gasteiger partial charge in [0.05, 0.1) is 50.6 Å². The fourth-order valence-corrected chi connectivity index (χ4v) is 17.2. The predicted octanol–water partition coefficient (Wildman–Crippen LogP) is 24.2. The Balaban J connectivity index is 0.000000122. The fraction of sp³-hybridized carbons (Fsp3) is 0.0278. The van der Waals surface area contributed by atoms with Crippen LogP contribution in [0.15, 0.2) is 365 Å². The van der Waals surface area contributed by atoms with Crippen LogP contribution in [-0.2, 0) is 84.3 Å². The summed E-state index contributed by atoms with van der Waals surface area (Å²) in [7, 11) is 6.18. The molecular weight excluding hydrogens is 2090 g/mol. The first kappa shape index (κ1) is 81.1. The van der Waals surface area contributed by atoms with Crippen molar-refractivity contribution in [1.82, 2.24) is 72.3 Å². The molecule has 0 saturated heterocycles. The van der Waals surface area contributed by atoms with Crippen molar-refractivity contribution in [2.75, 3.05) is 0 Å². The van der Waals surface area contributed by atoms with Crippen molar-refractivity contribution in [2.24, 2.45) is 21.1 Å². The second kappa shape index (κ2) is 34.6. The third kappa shape index (κ3) is 14.7. The first-order chi connectivity index (χ1) is 60.7. The zero-order valence-electron chi connectivity index (χ0n) is 67.8. The number of imidazole rings is 3. The van der Waals surface area contributed by atoms with Crippen LogP contribution in [0.25, 0.3) is 217 Å². The summed E-state index contributed by atoms with van der Waals surface area (Å²) in [5.74, 6) is 2.65. The average molecular weight is 2160 g/mol. The normalized spacial score (nSPS) is 11.3. The monoisotopic (exact) mass is 2160 g/mol. The Morgan fingerprint density at radius 3 is 1.02 bits per heavy atom. The first-order valence-corrected chi connectivity index (χ1v) is 40.5. The van der Waals surface area contributed by atoms with E-state index in [9.17, 15) is 0 Å². The van der Waals surface area contributed by atoms with Gasteiger partial charge in [0, 0.05) is 93.5 Å². The molecule has 0 spiro atoms. The van der Waals surface area contributed by atoms with Crippen molar-refractivity contribution in [3.63, 3.8) is 0 Å². The molecule has 606 valence electrons. The molecule has 0 radical (unpaired) electrons. The van der Waals surface area contributed by atoms with E-state index in [1.807, 2.05) is 189 Å². The fourth-order valence-electron chi connectivity index (χ4n) is 17.2. The molecule has 0 amide bonds. The van der Waals surface area contributed by atoms with E-state index in [1.165, 1.54) is 0 Å². The van der Waals surface area contributed by atoms with Gasteiger partial charge >= 0.3 is 63.2 Å². The quantitative estimate of drug-likeness (QED) is 0.109. The molecule has 0 N–H and O–H groups in total. The number of hydrogen-bond acceptors (Lipinski definition) is 9. The van der Waals surface area contributed by atoms with Crippen LogP contribution in [0.3, 0.4) is 0 Å². The SMILES string of the molecule is Cn1c(-c2[c-]c3c(cc2)c2c(-c4ccncc4)cccc2n3-c2[c-]c(-c3ccccn3)ccc2)nc2ccccc21.Cn1c(-c2[c-]c3c(cc2)c2cc(-c4ccncc4)ccc2n3-c2[c-]c(-c3ccccn3)ccc2)nc2ccccc21.Cn1c(-c2[c-]c3c(cc2)c2ccc(-c4ccncc4)cc2n3-c2[c-]c(-c3ccccn3)ccc2)nc2ccccc21.[Pt+2].[Pt+2].[Pt+2]. The van der Waals surface area contributed by atoms with E-state index in [-0.39, 0.29) is 63.2 Å². The molecule has 0 aliphatic carbocycles. The van der Waals surface area contributed by atoms with E-state index in [1.54, 1.807) is 0 Å². The Morgan fingerprint density at radius 2 is 0.587 bits per heavy atom. The van der Waals surface area contributed by atoms with Gasteiger partial charge in [-0.2, -0.15) is 0 Å². The molecular formula is C108H69N15Pt3. The Hall–Kier alpha value is -14.6. The standard InChI is InChI=1S/3C36H23N5.3Pt/c1-40-32-13-3-2-12-31(32)39-36(40)26-15-16-29-34(23-26)41(27-9-6-8-25(22-27)30-11-4-5-19-38-30)33-14-7-10-28(35(29)33)24-17-20-37-21-18-24;1-40-34-11-3-2-10-32(34)39-36(40)27-12-14-29-30-22-25(24-16-19-37-20-17-24)13-15-33(30)41(35(29)23-27)28-8-6-7-26(21-28)31-9-4-5-18-38-31;1-40-33-11-3-2-10-32(33)39-36(40)27-13-15-30-29-14-12-25(24-16-19-37-20-17-24)22-34(29)41(35(30)23-27)28-8-6-7-26(21-28)31-9-4-5-18-38-31;;;/h2-21H,1H3;2*2-20,22H,1H3;;;/q3*-2;3*+2. The van der Waals surface area contributed by atoms with E-state index in [0.29, 0.717) is 0 Å². The molecule has 24 aromatic rings. The molecule has 0 aliphatic rings. The minimum Gasteiger partial charge on any atom is -0.367 e. The zero-order chi connectivity index (χ0) is 82.0. The van der Waals surface area contributed by atoms with E-state index < -0.39 is 0 Å². The number of rotatable bonds is 12. The van der Waals surface area contributed by atoms with Crippen molar-refractivity contribution < 1.29 is 63.2 Å². The number of nitrogens with zero attached hydrogens (tertiary/aromatic N) is 15. The van der Waals surface area contributed by atoms with Crippen LogP contribution in [0.1, 0.15) is 0 Å². The van der Waals surface area contributed by atoms with Crippen LogP contribution in [-0.4, -0.2) is 72.3 Å². The Morgan fingerprint density at radius 1 is 0.230 bits per heavy atom. The van der Waals surface area contributed by atoms with Crippen LogP contribution in [0, 0.1) is 36.4 Å². The van der Waals surface area contributed by atoms with Crippen molar-refractivity contribution in [3.05, 3.63) is 402 Å². The largest absolute Gasteiger partial charge is 2.00 e. The predicted molar refractivity (Wildman–Crippen MR) is 494 cm³/mol. The van der Waals surface area contributed by atoms with Gasteiger partial charge in [-0.3, -0.25) is 29.9 Å². The number of aromatic nitrogens is 15. The van der Waals surface area contributed by atoms with E-state index in [2.05, 4.69) is 291 Å². The minimum atomic E-state index is 0. The molecule has 12 heterocycles. The maximum Gasteiger partial charge on any atom is 2.00 e. The second-order valence-electron chi connectivity index (χ2n) is 30.2. The number of aryl methyl sites for hydroxylation is 3. The maximum atomic E-state index is 4.96. The summed E-state index contributed by atoms with van der Waals surface area (Å²) < 4.78 is 13.2. The smallest absolute Gasteiger partial charge is 0.367 e. The molecule has 18 heteroatoms. The molecule has 0 saturated carbocycles. The van der Waals surface area contributed by atoms with Gasteiger partial charge in [0.15, 0.2) is 0 Å². The molecule has 0 atom stereocenters. The number of pyridine rings is 6. The van der Waals surface area contributed by atoms with Gasteiger partial charge in [0.2, 0.25) is 0 Å². The van der Waals surface area contributed by atoms with Crippen LogP contribution in [0.4, 0.5) is 0 Å². The van der Waals surface area contributed by atoms with Gasteiger partial charge in [-0.05, 0) is 209 Å². The summed E-state index contributed by atoms with van der Waals surface area (Å²) in [6.07, 6.45) is 16.4. The van der Waals surface area contributed by atoms with E-state index in [0.717, 1.165) is 217 Å². The van der Waals surface area contributed by atoms with Gasteiger partial charge in [-0.25, -0.2) is 0 Å². The Kier molecular flexibility index (Phi) is 22.3. The number of para-hydroxylation sites is 6. The minimum absolute atomic E-state index is 0. The van der Waals surface area contributed by atoms with Crippen molar-refractivity contribution in [2.45, 2.75) is 0 Å². The first-order valence-electron chi connectivity index (χ1n) is 40.5. The summed E-state index contributed by atoms with van der Waals surface area (Å²) in [6.45, 7) is 0. The van der Waals surface area contributed by atoms with Gasteiger partial charge in [0.25, 0.3) is 0 Å². The van der Waals surface area contributed by atoms with Gasteiger partial charge < -0.3 is 42.4 Å². The number of hydrogen-bond donors (Lipinski definition) is 0. The summed E-state index contributed by atoms with van der Waals surface area (Å²) in [5, 5.41) is 6.83. The summed E-state index contributed by atoms with van der Waals surface area (Å²) in [6, 6.07) is 128. The maximum absolute atomic E-state index is 4.96. The van der Waals surface area contributed by atoms with Crippen molar-refractivity contribution >= 4 is 98.5 Å². The molecule has 0 unspecified atom stereocenters. The summed E-state index contributed by atoms with van der Waals surface area (Å²) in [4.78, 5) is 41.2. The van der Waals surface area contributed by atoms with Gasteiger partial charge in [-0.1, -0.05) is 125 Å². The van der Waals surface area contributed by atoms with Crippen LogP contribution < -0.4 is 0 Å². The molecule has 12 aromatic carbocycles. The third-order valence-corrected chi connectivity index (χ3v) is 23.0. The second-order valence-corrected chi connectivity index (χ2v) is 30.2. The molecule has 24 rings (SSSR count). The molecule has 0 fully saturated rings. The summed E-state index contributed by atoms with van der Waals surface area (Å²) >= 11 is 0. The zero-order valence-corrected chi connectivity index (χ0v) is 74.6. The molecule has 0 bridgehead atoms. The van der Waals surface area contributed by atoms with E-state index in [4.69, 9.17) is 15.0 Å². The van der Waals surface area contributed by atoms with Crippen LogP contribution in [0.2, 0.25) is 0 Å². The molecule has 12 aromatic heterocycles. The third-order valence-electron chi connectivity index (χ3n) is 23.0. The van der Waals surface area contributed by atoms with Gasteiger partial charge in [-0.15, -0.1) is 161 Å². The van der Waals surface area contributed by atoms with Crippen molar-refractivity contribution in [3.8, 4) is 118 Å². The van der Waals surface area contributed by atoms with Crippen molar-refractivity contribution in [1.29, 1.82) is 0 Å². The van der Waals surface area contributed by atoms with Crippen LogP contribution >= 0.6 is 0 Å².